The summed E-state index contributed by atoms with van der Waals surface area (Å²) in [5.74, 6) is -0.151. The van der Waals surface area contributed by atoms with Crippen molar-refractivity contribution < 1.29 is 4.79 Å². The van der Waals surface area contributed by atoms with E-state index < -0.39 is 0 Å². The zero-order valence-electron chi connectivity index (χ0n) is 10.1. The summed E-state index contributed by atoms with van der Waals surface area (Å²) in [6, 6.07) is 9.61. The maximum absolute atomic E-state index is 12.0. The van der Waals surface area contributed by atoms with Gasteiger partial charge in [0.2, 0.25) is 0 Å². The fourth-order valence-corrected chi connectivity index (χ4v) is 1.88. The molecule has 1 amide bonds. The van der Waals surface area contributed by atoms with Crippen molar-refractivity contribution >= 4 is 16.8 Å². The number of hydrogen-bond donors (Lipinski definition) is 2. The minimum Gasteiger partial charge on any atom is -0.351 e. The zero-order chi connectivity index (χ0) is 13.1. The molecule has 0 bridgehead atoms. The molecule has 94 valence electrons. The van der Waals surface area contributed by atoms with E-state index in [9.17, 15) is 4.79 Å². The van der Waals surface area contributed by atoms with Gasteiger partial charge in [-0.15, -0.1) is 0 Å². The Morgan fingerprint density at radius 1 is 1.26 bits per heavy atom. The largest absolute Gasteiger partial charge is 0.351 e. The summed E-state index contributed by atoms with van der Waals surface area (Å²) in [5, 5.41) is 3.82. The van der Waals surface area contributed by atoms with Crippen molar-refractivity contribution in [1.82, 2.24) is 20.3 Å². The highest BCUT2D eigenvalue weighted by Crippen LogP contribution is 2.14. The van der Waals surface area contributed by atoms with E-state index in [1.54, 1.807) is 18.6 Å². The normalized spacial score (nSPS) is 10.5. The Kier molecular flexibility index (Phi) is 2.94. The highest BCUT2D eigenvalue weighted by Gasteiger charge is 2.08. The number of para-hydroxylation sites is 1. The molecule has 3 rings (SSSR count). The number of rotatable bonds is 3. The van der Waals surface area contributed by atoms with E-state index in [-0.39, 0.29) is 5.91 Å². The Morgan fingerprint density at radius 2 is 2.16 bits per heavy atom. The van der Waals surface area contributed by atoms with Crippen molar-refractivity contribution in [3.63, 3.8) is 0 Å². The maximum atomic E-state index is 12.0. The summed E-state index contributed by atoms with van der Waals surface area (Å²) >= 11 is 0. The first-order chi connectivity index (χ1) is 9.33. The Balaban J connectivity index is 1.73. The Bertz CT molecular complexity index is 673. The minimum absolute atomic E-state index is 0.151. The summed E-state index contributed by atoms with van der Waals surface area (Å²) in [6.45, 7) is 0.363. The molecule has 0 aliphatic heterocycles. The molecule has 1 aromatic carbocycles. The Labute approximate surface area is 109 Å². The number of aromatic nitrogens is 3. The quantitative estimate of drug-likeness (QED) is 0.747. The van der Waals surface area contributed by atoms with Crippen LogP contribution in [0.3, 0.4) is 0 Å². The highest BCUT2D eigenvalue weighted by atomic mass is 16.1. The van der Waals surface area contributed by atoms with E-state index in [1.165, 1.54) is 0 Å². The zero-order valence-corrected chi connectivity index (χ0v) is 10.1. The van der Waals surface area contributed by atoms with E-state index >= 15 is 0 Å². The third-order valence-electron chi connectivity index (χ3n) is 2.82. The number of fused-ring (bicyclic) bond motifs is 1. The molecule has 19 heavy (non-hydrogen) atoms. The topological polar surface area (TPSA) is 70.7 Å². The predicted molar refractivity (Wildman–Crippen MR) is 71.5 cm³/mol. The summed E-state index contributed by atoms with van der Waals surface area (Å²) in [4.78, 5) is 23.1. The van der Waals surface area contributed by atoms with Crippen molar-refractivity contribution in [2.24, 2.45) is 0 Å². The first-order valence-corrected chi connectivity index (χ1v) is 5.94. The molecule has 5 nitrogen and oxygen atoms in total. The van der Waals surface area contributed by atoms with Crippen LogP contribution in [0.4, 0.5) is 0 Å². The maximum Gasteiger partial charge on any atom is 0.268 e. The first-order valence-electron chi connectivity index (χ1n) is 5.94. The molecule has 0 aliphatic carbocycles. The Hall–Kier alpha value is -2.69. The summed E-state index contributed by atoms with van der Waals surface area (Å²) in [5.41, 5.74) is 2.23. The van der Waals surface area contributed by atoms with Crippen LogP contribution < -0.4 is 5.32 Å². The minimum atomic E-state index is -0.151. The van der Waals surface area contributed by atoms with E-state index in [1.807, 2.05) is 30.3 Å². The van der Waals surface area contributed by atoms with Gasteiger partial charge in [-0.25, -0.2) is 0 Å². The molecule has 0 aliphatic rings. The van der Waals surface area contributed by atoms with Crippen LogP contribution in [0.15, 0.2) is 48.9 Å². The molecule has 0 saturated heterocycles. The van der Waals surface area contributed by atoms with Gasteiger partial charge in [-0.05, 0) is 12.1 Å². The van der Waals surface area contributed by atoms with Crippen LogP contribution in [0.2, 0.25) is 0 Å². The second-order valence-corrected chi connectivity index (χ2v) is 4.15. The van der Waals surface area contributed by atoms with Crippen molar-refractivity contribution in [1.29, 1.82) is 0 Å². The van der Waals surface area contributed by atoms with Gasteiger partial charge in [0, 0.05) is 23.3 Å². The number of nitrogens with zero attached hydrogens (tertiary/aromatic N) is 2. The molecule has 0 radical (unpaired) electrons. The lowest BCUT2D eigenvalue weighted by molar-refractivity contribution is 0.0946. The molecule has 5 heteroatoms. The fourth-order valence-electron chi connectivity index (χ4n) is 1.88. The lowest BCUT2D eigenvalue weighted by Crippen LogP contribution is -2.23. The van der Waals surface area contributed by atoms with Gasteiger partial charge in [-0.1, -0.05) is 18.2 Å². The number of nitrogens with one attached hydrogen (secondary N) is 2. The van der Waals surface area contributed by atoms with Crippen LogP contribution in [-0.2, 0) is 6.54 Å². The molecule has 0 fully saturated rings. The van der Waals surface area contributed by atoms with E-state index in [2.05, 4.69) is 20.3 Å². The predicted octanol–water partition coefficient (Wildman–Crippen LogP) is 1.89. The van der Waals surface area contributed by atoms with Crippen molar-refractivity contribution in [3.05, 3.63) is 60.3 Å². The number of amides is 1. The molecule has 0 spiro atoms. The van der Waals surface area contributed by atoms with E-state index in [0.29, 0.717) is 12.2 Å². The molecule has 0 atom stereocenters. The molecule has 0 unspecified atom stereocenters. The van der Waals surface area contributed by atoms with Crippen molar-refractivity contribution in [2.45, 2.75) is 6.54 Å². The molecule has 2 N–H and O–H groups in total. The highest BCUT2D eigenvalue weighted by molar-refractivity contribution is 5.97. The molecular weight excluding hydrogens is 240 g/mol. The number of aromatic amines is 1. The first kappa shape index (κ1) is 11.4. The second-order valence-electron chi connectivity index (χ2n) is 4.15. The lowest BCUT2D eigenvalue weighted by Gasteiger charge is -2.02. The third-order valence-corrected chi connectivity index (χ3v) is 2.82. The van der Waals surface area contributed by atoms with Crippen molar-refractivity contribution in [2.75, 3.05) is 0 Å². The summed E-state index contributed by atoms with van der Waals surface area (Å²) in [6.07, 6.45) is 4.83. The number of carbonyl (C=O) groups excluding carboxylic acids is 1. The lowest BCUT2D eigenvalue weighted by atomic mass is 10.2. The van der Waals surface area contributed by atoms with Gasteiger partial charge in [-0.3, -0.25) is 14.8 Å². The molecule has 0 saturated carbocycles. The van der Waals surface area contributed by atoms with Gasteiger partial charge in [-0.2, -0.15) is 0 Å². The van der Waals surface area contributed by atoms with Crippen LogP contribution in [0.25, 0.3) is 10.9 Å². The summed E-state index contributed by atoms with van der Waals surface area (Å²) in [7, 11) is 0. The average Bonchev–Trinajstić information content (AvgIpc) is 2.90. The van der Waals surface area contributed by atoms with Crippen LogP contribution in [-0.4, -0.2) is 20.9 Å². The van der Waals surface area contributed by atoms with Gasteiger partial charge >= 0.3 is 0 Å². The molecule has 2 aromatic heterocycles. The smallest absolute Gasteiger partial charge is 0.268 e. The van der Waals surface area contributed by atoms with Gasteiger partial charge in [0.15, 0.2) is 0 Å². The second kappa shape index (κ2) is 4.89. The average molecular weight is 252 g/mol. The van der Waals surface area contributed by atoms with Crippen molar-refractivity contribution in [3.8, 4) is 0 Å². The van der Waals surface area contributed by atoms with Gasteiger partial charge in [0.25, 0.3) is 5.91 Å². The number of H-pyrrole nitrogens is 1. The van der Waals surface area contributed by atoms with Gasteiger partial charge < -0.3 is 10.3 Å². The van der Waals surface area contributed by atoms with Crippen LogP contribution in [0.5, 0.6) is 0 Å². The molecule has 2 heterocycles. The van der Waals surface area contributed by atoms with E-state index in [0.717, 1.165) is 16.6 Å². The SMILES string of the molecule is O=C(NCc1cnccn1)c1cc2ccccc2[nH]1. The number of carbonyl (C=O) groups is 1. The number of hydrogen-bond acceptors (Lipinski definition) is 3. The van der Waals surface area contributed by atoms with Crippen LogP contribution in [0.1, 0.15) is 16.2 Å². The monoisotopic (exact) mass is 252 g/mol. The summed E-state index contributed by atoms with van der Waals surface area (Å²) < 4.78 is 0. The van der Waals surface area contributed by atoms with Gasteiger partial charge in [0.05, 0.1) is 18.4 Å². The fraction of sp³-hybridized carbons (Fsp3) is 0.0714. The number of benzene rings is 1. The Morgan fingerprint density at radius 3 is 2.95 bits per heavy atom. The van der Waals surface area contributed by atoms with E-state index in [4.69, 9.17) is 0 Å². The van der Waals surface area contributed by atoms with Crippen LogP contribution >= 0.6 is 0 Å². The molecule has 3 aromatic rings. The van der Waals surface area contributed by atoms with Crippen LogP contribution in [0, 0.1) is 0 Å². The van der Waals surface area contributed by atoms with Gasteiger partial charge in [0.1, 0.15) is 5.69 Å². The standard InChI is InChI=1S/C14H12N4O/c19-14(17-9-11-8-15-5-6-16-11)13-7-10-3-1-2-4-12(10)18-13/h1-8,18H,9H2,(H,17,19). The third kappa shape index (κ3) is 2.44. The molecular formula is C14H12N4O.